The van der Waals surface area contributed by atoms with Crippen LogP contribution in [0.3, 0.4) is 0 Å². The minimum atomic E-state index is 0.0219. The van der Waals surface area contributed by atoms with Gasteiger partial charge < -0.3 is 0 Å². The number of rotatable bonds is 4. The standard InChI is InChI=1S/C23H21N/c1-3-9-19(10-4-1)15-23(16-20-11-5-2-6-12-20)18-24-17-21-13-7-8-14-22(21)23/h1-14,17H,15-16,18H2. The summed E-state index contributed by atoms with van der Waals surface area (Å²) < 4.78 is 0. The van der Waals surface area contributed by atoms with Crippen LogP contribution in [0.15, 0.2) is 89.9 Å². The number of benzene rings is 3. The van der Waals surface area contributed by atoms with Crippen LogP contribution in [0.2, 0.25) is 0 Å². The number of aliphatic imine (C=N–C) groups is 1. The van der Waals surface area contributed by atoms with Gasteiger partial charge in [0.1, 0.15) is 0 Å². The van der Waals surface area contributed by atoms with Gasteiger partial charge in [0, 0.05) is 18.2 Å². The van der Waals surface area contributed by atoms with Crippen molar-refractivity contribution in [3.63, 3.8) is 0 Å². The molecule has 3 aromatic carbocycles. The zero-order chi connectivity index (χ0) is 16.2. The summed E-state index contributed by atoms with van der Waals surface area (Å²) in [6.45, 7) is 0.841. The van der Waals surface area contributed by atoms with E-state index in [1.807, 2.05) is 6.21 Å². The van der Waals surface area contributed by atoms with Crippen molar-refractivity contribution < 1.29 is 0 Å². The molecule has 1 heteroatoms. The van der Waals surface area contributed by atoms with E-state index in [9.17, 15) is 0 Å². The minimum Gasteiger partial charge on any atom is -0.292 e. The molecule has 0 fully saturated rings. The van der Waals surface area contributed by atoms with Gasteiger partial charge in [0.2, 0.25) is 0 Å². The number of hydrogen-bond donors (Lipinski definition) is 0. The monoisotopic (exact) mass is 311 g/mol. The summed E-state index contributed by atoms with van der Waals surface area (Å²) in [6, 6.07) is 30.3. The van der Waals surface area contributed by atoms with E-state index >= 15 is 0 Å². The van der Waals surface area contributed by atoms with E-state index in [1.54, 1.807) is 0 Å². The lowest BCUT2D eigenvalue weighted by molar-refractivity contribution is 0.427. The van der Waals surface area contributed by atoms with Gasteiger partial charge in [0.15, 0.2) is 0 Å². The molecule has 0 amide bonds. The molecule has 0 saturated carbocycles. The lowest BCUT2D eigenvalue weighted by Gasteiger charge is -2.37. The zero-order valence-electron chi connectivity index (χ0n) is 13.7. The fraction of sp³-hybridized carbons (Fsp3) is 0.174. The van der Waals surface area contributed by atoms with Gasteiger partial charge in [0.25, 0.3) is 0 Å². The Labute approximate surface area is 143 Å². The van der Waals surface area contributed by atoms with E-state index in [4.69, 9.17) is 4.99 Å². The van der Waals surface area contributed by atoms with Crippen LogP contribution in [-0.4, -0.2) is 12.8 Å². The third-order valence-electron chi connectivity index (χ3n) is 4.93. The molecule has 1 aliphatic heterocycles. The fourth-order valence-corrected chi connectivity index (χ4v) is 3.83. The predicted molar refractivity (Wildman–Crippen MR) is 101 cm³/mol. The summed E-state index contributed by atoms with van der Waals surface area (Å²) in [6.07, 6.45) is 4.05. The first-order valence-corrected chi connectivity index (χ1v) is 8.53. The highest BCUT2D eigenvalue weighted by molar-refractivity contribution is 5.84. The lowest BCUT2D eigenvalue weighted by Crippen LogP contribution is -2.38. The Bertz CT molecular complexity index is 793. The van der Waals surface area contributed by atoms with E-state index in [0.717, 1.165) is 19.4 Å². The van der Waals surface area contributed by atoms with Crippen LogP contribution in [0.5, 0.6) is 0 Å². The number of hydrogen-bond acceptors (Lipinski definition) is 1. The van der Waals surface area contributed by atoms with Crippen LogP contribution >= 0.6 is 0 Å². The average Bonchev–Trinajstić information content (AvgIpc) is 2.64. The molecule has 0 aromatic heterocycles. The van der Waals surface area contributed by atoms with Gasteiger partial charge in [0.05, 0.1) is 0 Å². The predicted octanol–water partition coefficient (Wildman–Crippen LogP) is 4.84. The van der Waals surface area contributed by atoms with Crippen LogP contribution in [0.1, 0.15) is 22.3 Å². The zero-order valence-corrected chi connectivity index (χ0v) is 13.7. The van der Waals surface area contributed by atoms with Crippen molar-refractivity contribution in [2.24, 2.45) is 4.99 Å². The molecular weight excluding hydrogens is 290 g/mol. The summed E-state index contributed by atoms with van der Waals surface area (Å²) >= 11 is 0. The Morgan fingerprint density at radius 1 is 0.667 bits per heavy atom. The first kappa shape index (κ1) is 14.9. The topological polar surface area (TPSA) is 12.4 Å². The summed E-state index contributed by atoms with van der Waals surface area (Å²) in [4.78, 5) is 4.74. The largest absolute Gasteiger partial charge is 0.292 e. The van der Waals surface area contributed by atoms with Gasteiger partial charge in [-0.15, -0.1) is 0 Å². The summed E-state index contributed by atoms with van der Waals surface area (Å²) in [5.74, 6) is 0. The Morgan fingerprint density at radius 3 is 1.83 bits per heavy atom. The van der Waals surface area contributed by atoms with E-state index in [-0.39, 0.29) is 5.41 Å². The molecule has 0 atom stereocenters. The lowest BCUT2D eigenvalue weighted by atomic mass is 9.69. The van der Waals surface area contributed by atoms with Crippen molar-refractivity contribution in [3.05, 3.63) is 107 Å². The molecule has 0 N–H and O–H groups in total. The second kappa shape index (κ2) is 6.45. The molecule has 0 bridgehead atoms. The number of fused-ring (bicyclic) bond motifs is 1. The Balaban J connectivity index is 1.79. The van der Waals surface area contributed by atoms with E-state index in [2.05, 4.69) is 84.9 Å². The molecule has 1 aliphatic rings. The maximum atomic E-state index is 4.74. The quantitative estimate of drug-likeness (QED) is 0.653. The van der Waals surface area contributed by atoms with Gasteiger partial charge in [-0.05, 0) is 35.1 Å². The summed E-state index contributed by atoms with van der Waals surface area (Å²) in [7, 11) is 0. The van der Waals surface area contributed by atoms with E-state index in [0.29, 0.717) is 0 Å². The molecule has 24 heavy (non-hydrogen) atoms. The van der Waals surface area contributed by atoms with Gasteiger partial charge in [-0.2, -0.15) is 0 Å². The Morgan fingerprint density at radius 2 is 1.21 bits per heavy atom. The molecule has 1 heterocycles. The Hall–Kier alpha value is -2.67. The van der Waals surface area contributed by atoms with Crippen molar-refractivity contribution in [1.29, 1.82) is 0 Å². The SMILES string of the molecule is C1=NCC(Cc2ccccc2)(Cc2ccccc2)c2ccccc21. The van der Waals surface area contributed by atoms with Gasteiger partial charge in [-0.3, -0.25) is 4.99 Å². The molecule has 3 aromatic rings. The average molecular weight is 311 g/mol. The van der Waals surface area contributed by atoms with Crippen molar-refractivity contribution in [1.82, 2.24) is 0 Å². The normalized spacial score (nSPS) is 15.0. The second-order valence-corrected chi connectivity index (χ2v) is 6.66. The smallest absolute Gasteiger partial charge is 0.0493 e. The Kier molecular flexibility index (Phi) is 4.00. The highest BCUT2D eigenvalue weighted by Gasteiger charge is 2.35. The van der Waals surface area contributed by atoms with Crippen LogP contribution in [0.4, 0.5) is 0 Å². The first-order chi connectivity index (χ1) is 11.9. The molecule has 0 spiro atoms. The summed E-state index contributed by atoms with van der Waals surface area (Å²) in [5.41, 5.74) is 5.46. The van der Waals surface area contributed by atoms with Crippen molar-refractivity contribution in [2.75, 3.05) is 6.54 Å². The third kappa shape index (κ3) is 2.90. The van der Waals surface area contributed by atoms with E-state index < -0.39 is 0 Å². The fourth-order valence-electron chi connectivity index (χ4n) is 3.83. The highest BCUT2D eigenvalue weighted by atomic mass is 14.8. The number of nitrogens with zero attached hydrogens (tertiary/aromatic N) is 1. The molecule has 0 unspecified atom stereocenters. The highest BCUT2D eigenvalue weighted by Crippen LogP contribution is 2.36. The summed E-state index contributed by atoms with van der Waals surface area (Å²) in [5, 5.41) is 0. The molecule has 0 radical (unpaired) electrons. The van der Waals surface area contributed by atoms with Crippen LogP contribution in [0, 0.1) is 0 Å². The molecule has 0 aliphatic carbocycles. The molecular formula is C23H21N. The minimum absolute atomic E-state index is 0.0219. The molecule has 4 rings (SSSR count). The van der Waals surface area contributed by atoms with Crippen LogP contribution in [-0.2, 0) is 18.3 Å². The first-order valence-electron chi connectivity index (χ1n) is 8.53. The van der Waals surface area contributed by atoms with Crippen molar-refractivity contribution in [3.8, 4) is 0 Å². The maximum Gasteiger partial charge on any atom is 0.0493 e. The van der Waals surface area contributed by atoms with Crippen molar-refractivity contribution >= 4 is 6.21 Å². The van der Waals surface area contributed by atoms with Gasteiger partial charge in [-0.1, -0.05) is 84.9 Å². The van der Waals surface area contributed by atoms with Crippen LogP contribution < -0.4 is 0 Å². The van der Waals surface area contributed by atoms with Gasteiger partial charge in [-0.25, -0.2) is 0 Å². The third-order valence-corrected chi connectivity index (χ3v) is 4.93. The molecule has 1 nitrogen and oxygen atoms in total. The second-order valence-electron chi connectivity index (χ2n) is 6.66. The van der Waals surface area contributed by atoms with Crippen LogP contribution in [0.25, 0.3) is 0 Å². The van der Waals surface area contributed by atoms with Crippen molar-refractivity contribution in [2.45, 2.75) is 18.3 Å². The van der Waals surface area contributed by atoms with Gasteiger partial charge >= 0.3 is 0 Å². The van der Waals surface area contributed by atoms with E-state index in [1.165, 1.54) is 22.3 Å². The molecule has 118 valence electrons. The maximum absolute atomic E-state index is 4.74. The molecule has 0 saturated heterocycles.